The lowest BCUT2D eigenvalue weighted by atomic mass is 10.2. The number of rotatable bonds is 2. The molecular weight excluding hydrogens is 206 g/mol. The zero-order chi connectivity index (χ0) is 10.7. The Balaban J connectivity index is 3.19. The smallest absolute Gasteiger partial charge is 0.349 e. The van der Waals surface area contributed by atoms with Crippen LogP contribution in [0.2, 0.25) is 0 Å². The fourth-order valence-electron chi connectivity index (χ4n) is 0.927. The largest absolute Gasteiger partial charge is 0.465 e. The molecule has 5 nitrogen and oxygen atoms in total. The molecule has 0 bridgehead atoms. The van der Waals surface area contributed by atoms with E-state index in [4.69, 9.17) is 5.73 Å². The van der Waals surface area contributed by atoms with Crippen LogP contribution in [0.5, 0.6) is 0 Å². The molecule has 0 atom stereocenters. The number of nitrogens with two attached hydrogens (primary N) is 1. The lowest BCUT2D eigenvalue weighted by Crippen LogP contribution is -2.10. The number of hydrogen-bond donors (Lipinski definition) is 1. The maximum absolute atomic E-state index is 11.2. The second-order valence-electron chi connectivity index (χ2n) is 2.38. The fraction of sp³-hybridized carbons (Fsp3) is 0.250. The van der Waals surface area contributed by atoms with Crippen LogP contribution in [0.1, 0.15) is 20.0 Å². The normalized spacial score (nSPS) is 9.57. The highest BCUT2D eigenvalue weighted by Gasteiger charge is 2.23. The molecule has 0 spiro atoms. The molecule has 0 saturated heterocycles. The van der Waals surface area contributed by atoms with Gasteiger partial charge in [-0.2, -0.15) is 0 Å². The van der Waals surface area contributed by atoms with Crippen molar-refractivity contribution >= 4 is 29.0 Å². The molecule has 76 valence electrons. The number of hydrogen-bond acceptors (Lipinski definition) is 6. The van der Waals surface area contributed by atoms with E-state index < -0.39 is 11.9 Å². The molecule has 0 saturated carbocycles. The zero-order valence-corrected chi connectivity index (χ0v) is 8.51. The molecule has 0 aliphatic carbocycles. The summed E-state index contributed by atoms with van der Waals surface area (Å²) in [5, 5.41) is 1.50. The summed E-state index contributed by atoms with van der Waals surface area (Å²) >= 11 is 1.05. The summed E-state index contributed by atoms with van der Waals surface area (Å²) in [6.07, 6.45) is 0. The van der Waals surface area contributed by atoms with Crippen molar-refractivity contribution in [3.8, 4) is 0 Å². The van der Waals surface area contributed by atoms with E-state index >= 15 is 0 Å². The topological polar surface area (TPSA) is 78.6 Å². The van der Waals surface area contributed by atoms with E-state index in [1.807, 2.05) is 0 Å². The molecule has 6 heteroatoms. The second kappa shape index (κ2) is 4.10. The van der Waals surface area contributed by atoms with Gasteiger partial charge in [-0.1, -0.05) is 0 Å². The Morgan fingerprint density at radius 2 is 1.86 bits per heavy atom. The molecule has 1 rings (SSSR count). The fourth-order valence-corrected chi connectivity index (χ4v) is 1.79. The van der Waals surface area contributed by atoms with Gasteiger partial charge in [0.05, 0.1) is 19.9 Å². The Labute approximate surface area is 84.4 Å². The van der Waals surface area contributed by atoms with Gasteiger partial charge in [-0.05, 0) is 0 Å². The van der Waals surface area contributed by atoms with Crippen LogP contribution in [0.15, 0.2) is 5.38 Å². The van der Waals surface area contributed by atoms with Crippen molar-refractivity contribution in [2.75, 3.05) is 20.0 Å². The van der Waals surface area contributed by atoms with Gasteiger partial charge in [-0.3, -0.25) is 0 Å². The molecule has 1 heterocycles. The lowest BCUT2D eigenvalue weighted by Gasteiger charge is -2.01. The first kappa shape index (κ1) is 10.5. The predicted molar refractivity (Wildman–Crippen MR) is 51.4 cm³/mol. The molecule has 0 radical (unpaired) electrons. The molecule has 1 aromatic heterocycles. The van der Waals surface area contributed by atoms with Crippen molar-refractivity contribution in [1.29, 1.82) is 0 Å². The average Bonchev–Trinajstić information content (AvgIpc) is 2.58. The van der Waals surface area contributed by atoms with E-state index in [0.29, 0.717) is 0 Å². The highest BCUT2D eigenvalue weighted by atomic mass is 32.1. The number of carbonyl (C=O) groups excluding carboxylic acids is 2. The summed E-state index contributed by atoms with van der Waals surface area (Å²) in [6, 6.07) is 0. The van der Waals surface area contributed by atoms with E-state index in [1.165, 1.54) is 19.6 Å². The Bertz CT molecular complexity index is 371. The van der Waals surface area contributed by atoms with Crippen molar-refractivity contribution in [2.24, 2.45) is 0 Å². The summed E-state index contributed by atoms with van der Waals surface area (Å²) in [5.41, 5.74) is 5.81. The highest BCUT2D eigenvalue weighted by molar-refractivity contribution is 7.13. The van der Waals surface area contributed by atoms with Crippen LogP contribution >= 0.6 is 11.3 Å². The Hall–Kier alpha value is -1.56. The number of carbonyl (C=O) groups is 2. The first-order valence-corrected chi connectivity index (χ1v) is 4.53. The van der Waals surface area contributed by atoms with Gasteiger partial charge in [0.2, 0.25) is 0 Å². The SMILES string of the molecule is COC(=O)c1scc(N)c1C(=O)OC. The summed E-state index contributed by atoms with van der Waals surface area (Å²) in [4.78, 5) is 22.6. The Kier molecular flexibility index (Phi) is 3.08. The van der Waals surface area contributed by atoms with Crippen LogP contribution in [0.25, 0.3) is 0 Å². The molecule has 0 aliphatic rings. The van der Waals surface area contributed by atoms with E-state index in [9.17, 15) is 9.59 Å². The molecule has 2 N–H and O–H groups in total. The second-order valence-corrected chi connectivity index (χ2v) is 3.26. The molecule has 0 aliphatic heterocycles. The van der Waals surface area contributed by atoms with Crippen molar-refractivity contribution < 1.29 is 19.1 Å². The number of nitrogen functional groups attached to an aromatic ring is 1. The summed E-state index contributed by atoms with van der Waals surface area (Å²) in [5.74, 6) is -1.23. The minimum absolute atomic E-state index is 0.0735. The number of thiophene rings is 1. The van der Waals surface area contributed by atoms with Gasteiger partial charge in [0.25, 0.3) is 0 Å². The average molecular weight is 215 g/mol. The van der Waals surface area contributed by atoms with Gasteiger partial charge in [0.1, 0.15) is 10.4 Å². The summed E-state index contributed by atoms with van der Waals surface area (Å²) in [6.45, 7) is 0. The minimum Gasteiger partial charge on any atom is -0.465 e. The quantitative estimate of drug-likeness (QED) is 0.741. The van der Waals surface area contributed by atoms with Crippen LogP contribution in [-0.4, -0.2) is 26.2 Å². The van der Waals surface area contributed by atoms with Gasteiger partial charge >= 0.3 is 11.9 Å². The molecule has 0 amide bonds. The third-order valence-corrected chi connectivity index (χ3v) is 2.56. The van der Waals surface area contributed by atoms with Gasteiger partial charge in [0.15, 0.2) is 0 Å². The van der Waals surface area contributed by atoms with Crippen molar-refractivity contribution in [1.82, 2.24) is 0 Å². The molecule has 0 fully saturated rings. The van der Waals surface area contributed by atoms with Crippen LogP contribution in [-0.2, 0) is 9.47 Å². The standard InChI is InChI=1S/C8H9NO4S/c1-12-7(10)5-4(9)3-14-6(5)8(11)13-2/h3H,9H2,1-2H3. The first-order chi connectivity index (χ1) is 6.61. The van der Waals surface area contributed by atoms with Crippen LogP contribution in [0, 0.1) is 0 Å². The van der Waals surface area contributed by atoms with E-state index in [0.717, 1.165) is 11.3 Å². The molecular formula is C8H9NO4S. The third-order valence-electron chi connectivity index (χ3n) is 1.58. The molecule has 14 heavy (non-hydrogen) atoms. The maximum Gasteiger partial charge on any atom is 0.349 e. The monoisotopic (exact) mass is 215 g/mol. The Morgan fingerprint density at radius 1 is 1.29 bits per heavy atom. The van der Waals surface area contributed by atoms with Crippen molar-refractivity contribution in [2.45, 2.75) is 0 Å². The van der Waals surface area contributed by atoms with Crippen LogP contribution < -0.4 is 5.73 Å². The highest BCUT2D eigenvalue weighted by Crippen LogP contribution is 2.26. The number of methoxy groups -OCH3 is 2. The lowest BCUT2D eigenvalue weighted by molar-refractivity contribution is 0.0561. The van der Waals surface area contributed by atoms with E-state index in [2.05, 4.69) is 9.47 Å². The third kappa shape index (κ3) is 1.69. The number of esters is 2. The first-order valence-electron chi connectivity index (χ1n) is 3.65. The van der Waals surface area contributed by atoms with Crippen molar-refractivity contribution in [3.63, 3.8) is 0 Å². The molecule has 0 aromatic carbocycles. The zero-order valence-electron chi connectivity index (χ0n) is 7.70. The Morgan fingerprint density at radius 3 is 2.36 bits per heavy atom. The van der Waals surface area contributed by atoms with Crippen LogP contribution in [0.4, 0.5) is 5.69 Å². The predicted octanol–water partition coefficient (Wildman–Crippen LogP) is 0.904. The number of ether oxygens (including phenoxy) is 2. The van der Waals surface area contributed by atoms with Gasteiger partial charge in [-0.25, -0.2) is 9.59 Å². The van der Waals surface area contributed by atoms with Gasteiger partial charge in [0, 0.05) is 5.38 Å². The minimum atomic E-state index is -0.635. The molecule has 1 aromatic rings. The maximum atomic E-state index is 11.2. The van der Waals surface area contributed by atoms with E-state index in [1.54, 1.807) is 0 Å². The van der Waals surface area contributed by atoms with E-state index in [-0.39, 0.29) is 16.1 Å². The van der Waals surface area contributed by atoms with Crippen LogP contribution in [0.3, 0.4) is 0 Å². The molecule has 0 unspecified atom stereocenters. The number of anilines is 1. The summed E-state index contributed by atoms with van der Waals surface area (Å²) < 4.78 is 8.98. The summed E-state index contributed by atoms with van der Waals surface area (Å²) in [7, 11) is 2.46. The van der Waals surface area contributed by atoms with Gasteiger partial charge in [-0.15, -0.1) is 11.3 Å². The van der Waals surface area contributed by atoms with Gasteiger partial charge < -0.3 is 15.2 Å². The van der Waals surface area contributed by atoms with Crippen molar-refractivity contribution in [3.05, 3.63) is 15.8 Å².